The van der Waals surface area contributed by atoms with E-state index in [-0.39, 0.29) is 10.6 Å². The van der Waals surface area contributed by atoms with Crippen molar-refractivity contribution in [3.05, 3.63) is 34.3 Å². The van der Waals surface area contributed by atoms with Gasteiger partial charge in [0.25, 0.3) is 0 Å². The molecule has 0 aliphatic carbocycles. The molecule has 1 rings (SSSR count). The zero-order chi connectivity index (χ0) is 13.9. The van der Waals surface area contributed by atoms with Gasteiger partial charge in [0.15, 0.2) is 0 Å². The maximum atomic E-state index is 12.6. The Balaban J connectivity index is 3.02. The minimum atomic E-state index is -4.65. The van der Waals surface area contributed by atoms with E-state index in [0.29, 0.717) is 6.07 Å². The highest BCUT2D eigenvalue weighted by molar-refractivity contribution is 8.04. The average molecular weight is 321 g/mol. The molecule has 100 valence electrons. The fourth-order valence-electron chi connectivity index (χ4n) is 1.22. The lowest BCUT2D eigenvalue weighted by molar-refractivity contribution is -0.138. The predicted octanol–water partition coefficient (Wildman–Crippen LogP) is 3.26. The molecule has 0 saturated carbocycles. The molecule has 1 aromatic carbocycles. The van der Waals surface area contributed by atoms with E-state index >= 15 is 0 Å². The van der Waals surface area contributed by atoms with Crippen LogP contribution in [-0.4, -0.2) is 10.2 Å². The third kappa shape index (κ3) is 4.47. The molecule has 1 unspecified atom stereocenters. The number of benzene rings is 1. The molecule has 0 aliphatic heterocycles. The van der Waals surface area contributed by atoms with Crippen molar-refractivity contribution in [2.75, 3.05) is 0 Å². The highest BCUT2D eigenvalue weighted by atomic mass is 35.7. The van der Waals surface area contributed by atoms with E-state index in [2.05, 4.69) is 4.18 Å². The second kappa shape index (κ2) is 5.90. The van der Waals surface area contributed by atoms with Crippen molar-refractivity contribution in [3.63, 3.8) is 0 Å². The lowest BCUT2D eigenvalue weighted by atomic mass is 10.0. The van der Waals surface area contributed by atoms with Gasteiger partial charge in [-0.2, -0.15) is 17.4 Å². The van der Waals surface area contributed by atoms with Crippen LogP contribution in [0.5, 0.6) is 0 Å². The fraction of sp³-hybridized carbons (Fsp3) is 0.222. The van der Waals surface area contributed by atoms with Crippen molar-refractivity contribution in [1.29, 1.82) is 0 Å². The Morgan fingerprint density at radius 2 is 2.00 bits per heavy atom. The smallest absolute Gasteiger partial charge is 0.352 e. The Labute approximate surface area is 112 Å². The molecule has 0 aromatic heterocycles. The summed E-state index contributed by atoms with van der Waals surface area (Å²) in [5.74, 6) is -1.13. The molecule has 0 amide bonds. The molecule has 0 N–H and O–H groups in total. The van der Waals surface area contributed by atoms with Crippen LogP contribution in [0.2, 0.25) is 5.02 Å². The highest BCUT2D eigenvalue weighted by Crippen LogP contribution is 2.34. The van der Waals surface area contributed by atoms with Crippen LogP contribution in [0.25, 0.3) is 0 Å². The quantitative estimate of drug-likeness (QED) is 0.803. The standard InChI is InChI=1S/C9H5Cl2F3O3S/c10-6-2-1-5(3-8(15)17-18(11)16)7(4-6)9(12,13)14/h1-2,4H,3H2. The van der Waals surface area contributed by atoms with Gasteiger partial charge in [-0.05, 0) is 17.7 Å². The van der Waals surface area contributed by atoms with Crippen molar-refractivity contribution < 1.29 is 26.4 Å². The second-order valence-corrected chi connectivity index (χ2v) is 4.87. The largest absolute Gasteiger partial charge is 0.416 e. The molecule has 1 aromatic rings. The molecule has 0 spiro atoms. The monoisotopic (exact) mass is 320 g/mol. The lowest BCUT2D eigenvalue weighted by Gasteiger charge is -2.12. The first kappa shape index (κ1) is 15.3. The first-order valence-corrected chi connectivity index (χ1v) is 6.63. The lowest BCUT2D eigenvalue weighted by Crippen LogP contribution is -2.14. The topological polar surface area (TPSA) is 43.4 Å². The van der Waals surface area contributed by atoms with E-state index in [1.807, 2.05) is 0 Å². The molecule has 0 heterocycles. The molecule has 3 nitrogen and oxygen atoms in total. The van der Waals surface area contributed by atoms with Crippen LogP contribution in [0.4, 0.5) is 13.2 Å². The summed E-state index contributed by atoms with van der Waals surface area (Å²) in [6.07, 6.45) is -5.36. The van der Waals surface area contributed by atoms with Gasteiger partial charge in [0.2, 0.25) is 0 Å². The maximum absolute atomic E-state index is 12.6. The van der Waals surface area contributed by atoms with Crippen LogP contribution in [0.1, 0.15) is 11.1 Å². The number of alkyl halides is 3. The summed E-state index contributed by atoms with van der Waals surface area (Å²) in [5.41, 5.74) is -1.38. The molecule has 18 heavy (non-hydrogen) atoms. The number of halogens is 5. The van der Waals surface area contributed by atoms with Crippen LogP contribution in [0.15, 0.2) is 18.2 Å². The zero-order valence-corrected chi connectivity index (χ0v) is 10.8. The fourth-order valence-corrected chi connectivity index (χ4v) is 1.81. The summed E-state index contributed by atoms with van der Waals surface area (Å²) >= 11 is 5.46. The Kier molecular flexibility index (Phi) is 5.01. The van der Waals surface area contributed by atoms with Crippen molar-refractivity contribution in [2.45, 2.75) is 12.6 Å². The van der Waals surface area contributed by atoms with E-state index < -0.39 is 34.4 Å². The normalized spacial score (nSPS) is 13.2. The van der Waals surface area contributed by atoms with Gasteiger partial charge in [-0.1, -0.05) is 17.7 Å². The van der Waals surface area contributed by atoms with Gasteiger partial charge in [0.05, 0.1) is 12.0 Å². The molecule has 1 atom stereocenters. The zero-order valence-electron chi connectivity index (χ0n) is 8.46. The third-order valence-electron chi connectivity index (χ3n) is 1.87. The molecule has 9 heteroatoms. The Hall–Kier alpha value is -0.790. The van der Waals surface area contributed by atoms with Gasteiger partial charge >= 0.3 is 22.4 Å². The number of carbonyl (C=O) groups is 1. The molecular weight excluding hydrogens is 316 g/mol. The van der Waals surface area contributed by atoms with E-state index in [1.54, 1.807) is 0 Å². The van der Waals surface area contributed by atoms with E-state index in [1.165, 1.54) is 6.07 Å². The van der Waals surface area contributed by atoms with Crippen LogP contribution < -0.4 is 0 Å². The molecular formula is C9H5Cl2F3O3S. The van der Waals surface area contributed by atoms with Gasteiger partial charge < -0.3 is 4.18 Å². The summed E-state index contributed by atoms with van der Waals surface area (Å²) in [7, 11) is 2.49. The van der Waals surface area contributed by atoms with Crippen LogP contribution in [-0.2, 0) is 31.9 Å². The third-order valence-corrected chi connectivity index (χ3v) is 2.61. The highest BCUT2D eigenvalue weighted by Gasteiger charge is 2.34. The van der Waals surface area contributed by atoms with Gasteiger partial charge in [-0.3, -0.25) is 4.79 Å². The Morgan fingerprint density at radius 3 is 2.50 bits per heavy atom. The summed E-state index contributed by atoms with van der Waals surface area (Å²) < 4.78 is 52.4. The van der Waals surface area contributed by atoms with Gasteiger partial charge in [0, 0.05) is 15.7 Å². The Morgan fingerprint density at radius 1 is 1.39 bits per heavy atom. The van der Waals surface area contributed by atoms with Gasteiger partial charge in [0.1, 0.15) is 0 Å². The summed E-state index contributed by atoms with van der Waals surface area (Å²) in [4.78, 5) is 11.1. The minimum absolute atomic E-state index is 0.111. The van der Waals surface area contributed by atoms with Gasteiger partial charge in [-0.15, -0.1) is 0 Å². The number of hydrogen-bond acceptors (Lipinski definition) is 3. The van der Waals surface area contributed by atoms with Crippen molar-refractivity contribution in [1.82, 2.24) is 0 Å². The second-order valence-electron chi connectivity index (χ2n) is 3.13. The van der Waals surface area contributed by atoms with Crippen molar-refractivity contribution >= 4 is 38.5 Å². The summed E-state index contributed by atoms with van der Waals surface area (Å²) in [6, 6.07) is 2.95. The number of rotatable bonds is 3. The van der Waals surface area contributed by atoms with E-state index in [4.69, 9.17) is 22.3 Å². The minimum Gasteiger partial charge on any atom is -0.352 e. The van der Waals surface area contributed by atoms with Crippen LogP contribution in [0, 0.1) is 0 Å². The van der Waals surface area contributed by atoms with Crippen LogP contribution in [0.3, 0.4) is 0 Å². The summed E-state index contributed by atoms with van der Waals surface area (Å²) in [5, 5.41) is -0.111. The first-order chi connectivity index (χ1) is 8.20. The maximum Gasteiger partial charge on any atom is 0.416 e. The molecule has 0 saturated heterocycles. The first-order valence-electron chi connectivity index (χ1n) is 4.35. The van der Waals surface area contributed by atoms with Crippen molar-refractivity contribution in [3.8, 4) is 0 Å². The predicted molar refractivity (Wildman–Crippen MR) is 60.2 cm³/mol. The molecule has 0 fully saturated rings. The summed E-state index contributed by atoms with van der Waals surface area (Å²) in [6.45, 7) is 0. The molecule has 0 bridgehead atoms. The van der Waals surface area contributed by atoms with Crippen molar-refractivity contribution in [2.24, 2.45) is 0 Å². The number of hydrogen-bond donors (Lipinski definition) is 0. The van der Waals surface area contributed by atoms with E-state index in [9.17, 15) is 22.2 Å². The van der Waals surface area contributed by atoms with Crippen LogP contribution >= 0.6 is 22.3 Å². The van der Waals surface area contributed by atoms with E-state index in [0.717, 1.165) is 6.07 Å². The van der Waals surface area contributed by atoms with Gasteiger partial charge in [-0.25, -0.2) is 0 Å². The Bertz CT molecular complexity index is 490. The number of carbonyl (C=O) groups excluding carboxylic acids is 1. The molecule has 0 radical (unpaired) electrons. The molecule has 0 aliphatic rings. The SMILES string of the molecule is O=C(Cc1ccc(Cl)cc1C(F)(F)F)OS(=O)Cl. The average Bonchev–Trinajstić information content (AvgIpc) is 2.17.